The monoisotopic (exact) mass is 215 g/mol. The van der Waals surface area contributed by atoms with Crippen molar-refractivity contribution in [3.05, 3.63) is 46.5 Å². The van der Waals surface area contributed by atoms with Crippen LogP contribution >= 0.6 is 23.2 Å². The summed E-state index contributed by atoms with van der Waals surface area (Å²) < 4.78 is 0. The van der Waals surface area contributed by atoms with Crippen LogP contribution in [-0.2, 0) is 0 Å². The zero-order valence-corrected chi connectivity index (χ0v) is 8.65. The summed E-state index contributed by atoms with van der Waals surface area (Å²) in [5.74, 6) is 0. The van der Waals surface area contributed by atoms with Crippen molar-refractivity contribution in [2.24, 2.45) is 5.73 Å². The summed E-state index contributed by atoms with van der Waals surface area (Å²) in [6.07, 6.45) is 2.50. The second-order valence-electron chi connectivity index (χ2n) is 2.83. The lowest BCUT2D eigenvalue weighted by Gasteiger charge is -2.09. The van der Waals surface area contributed by atoms with Crippen LogP contribution in [0.2, 0.25) is 10.0 Å². The molecule has 0 spiro atoms. The van der Waals surface area contributed by atoms with Crippen molar-refractivity contribution in [1.82, 2.24) is 0 Å². The molecule has 2 N–H and O–H groups in total. The lowest BCUT2D eigenvalue weighted by Crippen LogP contribution is -2.08. The molecular weight excluding hydrogens is 205 g/mol. The molecule has 0 amide bonds. The Balaban J connectivity index is 2.93. The number of halogens is 2. The van der Waals surface area contributed by atoms with E-state index in [1.165, 1.54) is 0 Å². The van der Waals surface area contributed by atoms with Crippen molar-refractivity contribution < 1.29 is 0 Å². The van der Waals surface area contributed by atoms with Crippen LogP contribution in [0.5, 0.6) is 0 Å². The van der Waals surface area contributed by atoms with Gasteiger partial charge >= 0.3 is 0 Å². The van der Waals surface area contributed by atoms with Gasteiger partial charge in [0.15, 0.2) is 0 Å². The molecule has 3 heteroatoms. The maximum atomic E-state index is 5.85. The van der Waals surface area contributed by atoms with Crippen molar-refractivity contribution in [3.8, 4) is 0 Å². The second-order valence-corrected chi connectivity index (χ2v) is 3.71. The smallest absolute Gasteiger partial charge is 0.0424 e. The molecule has 1 rings (SSSR count). The number of hydrogen-bond acceptors (Lipinski definition) is 1. The first-order chi connectivity index (χ1) is 6.13. The van der Waals surface area contributed by atoms with Gasteiger partial charge in [0.2, 0.25) is 0 Å². The molecule has 0 aliphatic carbocycles. The van der Waals surface area contributed by atoms with E-state index in [1.54, 1.807) is 12.1 Å². The molecule has 0 bridgehead atoms. The van der Waals surface area contributed by atoms with Crippen LogP contribution in [0.4, 0.5) is 0 Å². The Kier molecular flexibility index (Phi) is 3.79. The van der Waals surface area contributed by atoms with Crippen LogP contribution in [-0.4, -0.2) is 0 Å². The van der Waals surface area contributed by atoms with Gasteiger partial charge in [-0.1, -0.05) is 29.3 Å². The molecule has 70 valence electrons. The SMILES string of the molecule is C=CC[C@H](N)c1cc(Cl)cc(Cl)c1. The highest BCUT2D eigenvalue weighted by atomic mass is 35.5. The van der Waals surface area contributed by atoms with Crippen LogP contribution in [0.15, 0.2) is 30.9 Å². The average Bonchev–Trinajstić information content (AvgIpc) is 2.03. The fourth-order valence-electron chi connectivity index (χ4n) is 1.10. The van der Waals surface area contributed by atoms with Gasteiger partial charge in [-0.3, -0.25) is 0 Å². The highest BCUT2D eigenvalue weighted by Gasteiger charge is 2.05. The zero-order valence-electron chi connectivity index (χ0n) is 7.13. The zero-order chi connectivity index (χ0) is 9.84. The third kappa shape index (κ3) is 3.03. The fourth-order valence-corrected chi connectivity index (χ4v) is 1.65. The van der Waals surface area contributed by atoms with Crippen molar-refractivity contribution in [2.75, 3.05) is 0 Å². The average molecular weight is 216 g/mol. The van der Waals surface area contributed by atoms with Crippen LogP contribution in [0, 0.1) is 0 Å². The number of hydrogen-bond donors (Lipinski definition) is 1. The van der Waals surface area contributed by atoms with Crippen molar-refractivity contribution in [2.45, 2.75) is 12.5 Å². The Bertz CT molecular complexity index is 290. The molecule has 1 aromatic rings. The highest BCUT2D eigenvalue weighted by Crippen LogP contribution is 2.23. The van der Waals surface area contributed by atoms with Gasteiger partial charge in [-0.2, -0.15) is 0 Å². The molecule has 1 aromatic carbocycles. The predicted octanol–water partition coefficient (Wildman–Crippen LogP) is 3.57. The van der Waals surface area contributed by atoms with Gasteiger partial charge in [-0.25, -0.2) is 0 Å². The van der Waals surface area contributed by atoms with Crippen LogP contribution in [0.3, 0.4) is 0 Å². The van der Waals surface area contributed by atoms with Gasteiger partial charge in [0, 0.05) is 16.1 Å². The minimum atomic E-state index is -0.0753. The van der Waals surface area contributed by atoms with E-state index in [-0.39, 0.29) is 6.04 Å². The highest BCUT2D eigenvalue weighted by molar-refractivity contribution is 6.34. The first kappa shape index (κ1) is 10.6. The maximum Gasteiger partial charge on any atom is 0.0424 e. The molecule has 0 unspecified atom stereocenters. The minimum Gasteiger partial charge on any atom is -0.324 e. The number of nitrogens with two attached hydrogens (primary N) is 1. The Morgan fingerprint density at radius 3 is 2.31 bits per heavy atom. The first-order valence-corrected chi connectivity index (χ1v) is 4.71. The summed E-state index contributed by atoms with van der Waals surface area (Å²) in [5, 5.41) is 1.23. The van der Waals surface area contributed by atoms with Gasteiger partial charge in [0.25, 0.3) is 0 Å². The quantitative estimate of drug-likeness (QED) is 0.768. The Morgan fingerprint density at radius 2 is 1.85 bits per heavy atom. The van der Waals surface area contributed by atoms with E-state index >= 15 is 0 Å². The van der Waals surface area contributed by atoms with Crippen LogP contribution < -0.4 is 5.73 Å². The van der Waals surface area contributed by atoms with E-state index < -0.39 is 0 Å². The summed E-state index contributed by atoms with van der Waals surface area (Å²) in [4.78, 5) is 0. The normalized spacial score (nSPS) is 12.5. The van der Waals surface area contributed by atoms with Crippen molar-refractivity contribution >= 4 is 23.2 Å². The van der Waals surface area contributed by atoms with Gasteiger partial charge < -0.3 is 5.73 Å². The number of benzene rings is 1. The predicted molar refractivity (Wildman–Crippen MR) is 58.2 cm³/mol. The molecular formula is C10H11Cl2N. The molecule has 0 aliphatic rings. The third-order valence-corrected chi connectivity index (χ3v) is 2.17. The minimum absolute atomic E-state index is 0.0753. The molecule has 0 heterocycles. The van der Waals surface area contributed by atoms with Crippen molar-refractivity contribution in [1.29, 1.82) is 0 Å². The van der Waals surface area contributed by atoms with E-state index in [2.05, 4.69) is 6.58 Å². The molecule has 0 radical (unpaired) electrons. The van der Waals surface area contributed by atoms with Gasteiger partial charge in [0.05, 0.1) is 0 Å². The van der Waals surface area contributed by atoms with Gasteiger partial charge in [-0.15, -0.1) is 6.58 Å². The largest absolute Gasteiger partial charge is 0.324 e. The molecule has 0 aromatic heterocycles. The standard InChI is InChI=1S/C10H11Cl2N/c1-2-3-10(13)7-4-8(11)6-9(12)5-7/h2,4-6,10H,1,3,13H2/t10-/m0/s1. The van der Waals surface area contributed by atoms with Crippen LogP contribution in [0.25, 0.3) is 0 Å². The molecule has 13 heavy (non-hydrogen) atoms. The summed E-state index contributed by atoms with van der Waals surface area (Å²) >= 11 is 11.7. The molecule has 0 saturated heterocycles. The van der Waals surface area contributed by atoms with Crippen molar-refractivity contribution in [3.63, 3.8) is 0 Å². The fraction of sp³-hybridized carbons (Fsp3) is 0.200. The van der Waals surface area contributed by atoms with Crippen LogP contribution in [0.1, 0.15) is 18.0 Å². The lowest BCUT2D eigenvalue weighted by atomic mass is 10.1. The van der Waals surface area contributed by atoms with Gasteiger partial charge in [-0.05, 0) is 30.2 Å². The topological polar surface area (TPSA) is 26.0 Å². The Labute approximate surface area is 88.1 Å². The second kappa shape index (κ2) is 4.66. The summed E-state index contributed by atoms with van der Waals surface area (Å²) in [5.41, 5.74) is 6.80. The van der Waals surface area contributed by atoms with E-state index in [1.807, 2.05) is 12.1 Å². The maximum absolute atomic E-state index is 5.85. The van der Waals surface area contributed by atoms with E-state index in [9.17, 15) is 0 Å². The van der Waals surface area contributed by atoms with Gasteiger partial charge in [0.1, 0.15) is 0 Å². The summed E-state index contributed by atoms with van der Waals surface area (Å²) in [6, 6.07) is 5.25. The molecule has 0 saturated carbocycles. The molecule has 1 nitrogen and oxygen atoms in total. The third-order valence-electron chi connectivity index (χ3n) is 1.73. The molecule has 1 atom stereocenters. The molecule has 0 aliphatic heterocycles. The van der Waals surface area contributed by atoms with E-state index in [4.69, 9.17) is 28.9 Å². The van der Waals surface area contributed by atoms with E-state index in [0.29, 0.717) is 10.0 Å². The lowest BCUT2D eigenvalue weighted by molar-refractivity contribution is 0.742. The number of rotatable bonds is 3. The Hall–Kier alpha value is -0.500. The molecule has 0 fully saturated rings. The first-order valence-electron chi connectivity index (χ1n) is 3.96. The van der Waals surface area contributed by atoms with E-state index in [0.717, 1.165) is 12.0 Å². The summed E-state index contributed by atoms with van der Waals surface area (Å²) in [7, 11) is 0. The Morgan fingerprint density at radius 1 is 1.31 bits per heavy atom. The summed E-state index contributed by atoms with van der Waals surface area (Å²) in [6.45, 7) is 3.63.